The van der Waals surface area contributed by atoms with E-state index in [1.165, 1.54) is 19.9 Å². The molecule has 0 saturated carbocycles. The Labute approximate surface area is 260 Å². The zero-order valence-corrected chi connectivity index (χ0v) is 28.1. The van der Waals surface area contributed by atoms with Gasteiger partial charge in [0.2, 0.25) is 0 Å². The van der Waals surface area contributed by atoms with Crippen molar-refractivity contribution in [3.63, 3.8) is 0 Å². The minimum absolute atomic E-state index is 0.0283. The third-order valence-corrected chi connectivity index (χ3v) is 9.42. The number of aryl methyl sites for hydroxylation is 1. The van der Waals surface area contributed by atoms with Crippen molar-refractivity contribution in [3.05, 3.63) is 69.5 Å². The molecule has 3 aromatic rings. The molecule has 1 fully saturated rings. The molecule has 0 unspecified atom stereocenters. The summed E-state index contributed by atoms with van der Waals surface area (Å²) >= 11 is 6.09. The maximum Gasteiger partial charge on any atom is 0.153 e. The highest BCUT2D eigenvalue weighted by Crippen LogP contribution is 2.46. The monoisotopic (exact) mass is 617 g/mol. The molecule has 1 aliphatic rings. The Bertz CT molecular complexity index is 1460. The van der Waals surface area contributed by atoms with Gasteiger partial charge in [-0.25, -0.2) is 18.2 Å². The number of aromatic nitrogens is 3. The molecule has 1 aliphatic heterocycles. The molecule has 236 valence electrons. The molecule has 0 aliphatic carbocycles. The number of anilines is 2. The fraction of sp³-hybridized carbons (Fsp3) is 0.588. The minimum Gasteiger partial charge on any atom is -0.323 e. The van der Waals surface area contributed by atoms with Crippen molar-refractivity contribution in [1.82, 2.24) is 19.7 Å². The number of pyridine rings is 1. The number of likely N-dealkylation sites (tertiary alicyclic amines) is 1. The van der Waals surface area contributed by atoms with E-state index in [-0.39, 0.29) is 44.5 Å². The Balaban J connectivity index is 1.64. The Morgan fingerprint density at radius 2 is 1.70 bits per heavy atom. The lowest BCUT2D eigenvalue weighted by molar-refractivity contribution is -0.0504. The van der Waals surface area contributed by atoms with Crippen LogP contribution in [0.25, 0.3) is 0 Å². The van der Waals surface area contributed by atoms with Gasteiger partial charge in [0.05, 0.1) is 16.3 Å². The van der Waals surface area contributed by atoms with Crippen molar-refractivity contribution in [3.8, 4) is 0 Å². The highest BCUT2D eigenvalue weighted by Gasteiger charge is 2.47. The Morgan fingerprint density at radius 1 is 1.02 bits per heavy atom. The van der Waals surface area contributed by atoms with Crippen molar-refractivity contribution in [1.29, 1.82) is 0 Å². The van der Waals surface area contributed by atoms with Crippen LogP contribution < -0.4 is 5.32 Å². The average Bonchev–Trinajstić information content (AvgIpc) is 3.24. The van der Waals surface area contributed by atoms with Crippen LogP contribution in [0.1, 0.15) is 97.7 Å². The third kappa shape index (κ3) is 7.06. The number of nitrogens with one attached hydrogen (secondary N) is 1. The molecule has 1 saturated heterocycles. The van der Waals surface area contributed by atoms with Gasteiger partial charge in [-0.2, -0.15) is 5.10 Å². The molecule has 2 atom stereocenters. The summed E-state index contributed by atoms with van der Waals surface area (Å²) < 4.78 is 48.0. The summed E-state index contributed by atoms with van der Waals surface area (Å²) in [5.74, 6) is 0.0438. The summed E-state index contributed by atoms with van der Waals surface area (Å²) in [6, 6.07) is 8.47. The van der Waals surface area contributed by atoms with E-state index in [1.54, 1.807) is 18.2 Å². The van der Waals surface area contributed by atoms with Crippen LogP contribution >= 0.6 is 11.6 Å². The summed E-state index contributed by atoms with van der Waals surface area (Å²) in [6.45, 7) is 20.8. The first-order valence-corrected chi connectivity index (χ1v) is 15.5. The van der Waals surface area contributed by atoms with E-state index < -0.39 is 11.5 Å². The van der Waals surface area contributed by atoms with E-state index in [4.69, 9.17) is 11.6 Å². The number of alkyl halides is 1. The lowest BCUT2D eigenvalue weighted by Gasteiger charge is -2.55. The number of halogens is 4. The first-order chi connectivity index (χ1) is 19.7. The van der Waals surface area contributed by atoms with Gasteiger partial charge in [0.25, 0.3) is 0 Å². The molecule has 9 heteroatoms. The van der Waals surface area contributed by atoms with E-state index in [0.29, 0.717) is 36.7 Å². The summed E-state index contributed by atoms with van der Waals surface area (Å²) in [5, 5.41) is 8.00. The largest absolute Gasteiger partial charge is 0.323 e. The van der Waals surface area contributed by atoms with Gasteiger partial charge in [-0.15, -0.1) is 0 Å². The van der Waals surface area contributed by atoms with Crippen LogP contribution in [0.2, 0.25) is 5.02 Å². The molecule has 1 N–H and O–H groups in total. The second-order valence-corrected chi connectivity index (χ2v) is 15.3. The van der Waals surface area contributed by atoms with Crippen molar-refractivity contribution in [2.45, 2.75) is 112 Å². The van der Waals surface area contributed by atoms with Gasteiger partial charge in [0.1, 0.15) is 17.3 Å². The quantitative estimate of drug-likeness (QED) is 0.287. The third-order valence-electron chi connectivity index (χ3n) is 9.13. The number of nitrogens with zero attached hydrogens (tertiary/aromatic N) is 4. The van der Waals surface area contributed by atoms with Gasteiger partial charge in [0, 0.05) is 35.0 Å². The summed E-state index contributed by atoms with van der Waals surface area (Å²) in [5.41, 5.74) is -0.857. The standard InChI is InChI=1S/C34H47ClF3N5/c1-21-16-28(41-43(21)32(5,6)7)40-27-18-24(33(8,9)38)30(37)26(39-27)17-22-14-15-42(34(10,19-22)31(2,3)4)20-23-12-11-13-25(35)29(23)36/h11-13,16,18,22H,14-15,17,19-20H2,1-10H3,(H,39,40,41)/t22-,34+/m0/s1. The number of benzene rings is 1. The molecule has 0 radical (unpaired) electrons. The maximum absolute atomic E-state index is 15.9. The first kappa shape index (κ1) is 33.3. The second kappa shape index (κ2) is 11.7. The Kier molecular flexibility index (Phi) is 9.09. The summed E-state index contributed by atoms with van der Waals surface area (Å²) in [4.78, 5) is 7.00. The lowest BCUT2D eigenvalue weighted by atomic mass is 9.65. The van der Waals surface area contributed by atoms with Crippen molar-refractivity contribution in [2.24, 2.45) is 11.3 Å². The van der Waals surface area contributed by atoms with Crippen molar-refractivity contribution >= 4 is 23.2 Å². The normalized spacial score (nSPS) is 20.5. The number of piperidine rings is 1. The zero-order valence-electron chi connectivity index (χ0n) is 27.3. The lowest BCUT2D eigenvalue weighted by Crippen LogP contribution is -2.59. The van der Waals surface area contributed by atoms with E-state index in [2.05, 4.69) is 68.8 Å². The average molecular weight is 618 g/mol. The summed E-state index contributed by atoms with van der Waals surface area (Å²) in [6.07, 6.45) is 1.89. The molecule has 43 heavy (non-hydrogen) atoms. The molecule has 0 bridgehead atoms. The topological polar surface area (TPSA) is 46.0 Å². The van der Waals surface area contributed by atoms with Crippen LogP contribution in [0.3, 0.4) is 0 Å². The van der Waals surface area contributed by atoms with Crippen LogP contribution in [0, 0.1) is 29.9 Å². The Morgan fingerprint density at radius 3 is 2.28 bits per heavy atom. The van der Waals surface area contributed by atoms with Crippen LogP contribution in [0.15, 0.2) is 30.3 Å². The molecule has 0 spiro atoms. The van der Waals surface area contributed by atoms with E-state index in [1.807, 2.05) is 17.7 Å². The maximum atomic E-state index is 15.9. The van der Waals surface area contributed by atoms with Crippen LogP contribution in [-0.2, 0) is 24.2 Å². The van der Waals surface area contributed by atoms with Gasteiger partial charge in [-0.3, -0.25) is 9.58 Å². The predicted octanol–water partition coefficient (Wildman–Crippen LogP) is 9.48. The second-order valence-electron chi connectivity index (χ2n) is 14.9. The molecule has 0 amide bonds. The Hall–Kier alpha value is -2.58. The number of hydrogen-bond acceptors (Lipinski definition) is 4. The van der Waals surface area contributed by atoms with E-state index in [9.17, 15) is 4.39 Å². The number of rotatable bonds is 7. The minimum atomic E-state index is -1.90. The number of hydrogen-bond donors (Lipinski definition) is 1. The van der Waals surface area contributed by atoms with Gasteiger partial charge < -0.3 is 5.32 Å². The molecule has 2 aromatic heterocycles. The van der Waals surface area contributed by atoms with Crippen molar-refractivity contribution in [2.75, 3.05) is 11.9 Å². The van der Waals surface area contributed by atoms with E-state index >= 15 is 8.78 Å². The molecular formula is C34H47ClF3N5. The van der Waals surface area contributed by atoms with E-state index in [0.717, 1.165) is 18.5 Å². The predicted molar refractivity (Wildman–Crippen MR) is 170 cm³/mol. The van der Waals surface area contributed by atoms with Crippen LogP contribution in [-0.4, -0.2) is 31.7 Å². The van der Waals surface area contributed by atoms with Crippen LogP contribution in [0.5, 0.6) is 0 Å². The van der Waals surface area contributed by atoms with Gasteiger partial charge in [-0.1, -0.05) is 44.5 Å². The highest BCUT2D eigenvalue weighted by molar-refractivity contribution is 6.30. The van der Waals surface area contributed by atoms with Crippen LogP contribution in [0.4, 0.5) is 24.8 Å². The SMILES string of the molecule is Cc1cc(Nc2cc(C(C)(C)F)c(F)c(C[C@@H]3CCN(Cc4cccc(Cl)c4F)[C@@](C)(C(C)(C)C)C3)n2)nn1C(C)(C)C. The van der Waals surface area contributed by atoms with Gasteiger partial charge in [-0.05, 0) is 97.7 Å². The summed E-state index contributed by atoms with van der Waals surface area (Å²) in [7, 11) is 0. The van der Waals surface area contributed by atoms with Crippen molar-refractivity contribution < 1.29 is 13.2 Å². The smallest absolute Gasteiger partial charge is 0.153 e. The van der Waals surface area contributed by atoms with Gasteiger partial charge in [0.15, 0.2) is 11.6 Å². The molecule has 3 heterocycles. The highest BCUT2D eigenvalue weighted by atomic mass is 35.5. The zero-order chi connectivity index (χ0) is 32.1. The fourth-order valence-electron chi connectivity index (χ4n) is 6.30. The first-order valence-electron chi connectivity index (χ1n) is 15.1. The van der Waals surface area contributed by atoms with Gasteiger partial charge >= 0.3 is 0 Å². The fourth-order valence-corrected chi connectivity index (χ4v) is 6.49. The molecule has 5 nitrogen and oxygen atoms in total. The molecular weight excluding hydrogens is 571 g/mol. The molecule has 4 rings (SSSR count). The molecule has 1 aromatic carbocycles.